The van der Waals surface area contributed by atoms with Crippen molar-refractivity contribution in [2.24, 2.45) is 5.41 Å². The number of hydrogen-bond donors (Lipinski definition) is 2. The first-order valence-corrected chi connectivity index (χ1v) is 18.0. The number of benzene rings is 1. The Bertz CT molecular complexity index is 953. The second-order valence-electron chi connectivity index (χ2n) is 11.5. The molecule has 3 atom stereocenters. The molecule has 1 aliphatic carbocycles. The monoisotopic (exact) mass is 617 g/mol. The maximum atomic E-state index is 13.5. The van der Waals surface area contributed by atoms with Crippen LogP contribution in [0.2, 0.25) is 28.2 Å². The van der Waals surface area contributed by atoms with Crippen LogP contribution in [0.4, 0.5) is 5.69 Å². The summed E-state index contributed by atoms with van der Waals surface area (Å²) in [6, 6.07) is 8.00. The Morgan fingerprint density at radius 1 is 1.12 bits per heavy atom. The summed E-state index contributed by atoms with van der Waals surface area (Å²) in [5, 5.41) is 15.3. The number of β-amino-alcohol motifs (C(OH)–C–C–N with tert-alkyl or cyclic N) is 1. The first-order chi connectivity index (χ1) is 19.0. The van der Waals surface area contributed by atoms with Gasteiger partial charge in [-0.05, 0) is 74.5 Å². The van der Waals surface area contributed by atoms with Gasteiger partial charge in [-0.15, -0.1) is 0 Å². The number of anilines is 1. The standard InChI is InChI=1S/C29H49Cl2N3O5Si/c1-7-40(8-2,9-3)39-26-19-33(15-14-29(26)12-13-29)17-23(35)18-34(20-27(37-5)38-6)28(36)21(4)32-22-10-11-24(30)25(31)16-22/h10-11,16,21,23,26-27,32,35H,7-9,12-15,17-20H2,1-6H3/t21?,23-,26+/m0/s1. The molecule has 0 bridgehead atoms. The zero-order valence-electron chi connectivity index (χ0n) is 25.1. The average Bonchev–Trinajstić information content (AvgIpc) is 3.73. The molecule has 1 aromatic carbocycles. The van der Waals surface area contributed by atoms with Crippen LogP contribution in [0.25, 0.3) is 0 Å². The number of likely N-dealkylation sites (tertiary alicyclic amines) is 1. The number of methoxy groups -OCH3 is 2. The van der Waals surface area contributed by atoms with E-state index in [0.29, 0.717) is 27.7 Å². The van der Waals surface area contributed by atoms with E-state index in [1.807, 2.05) is 0 Å². The highest BCUT2D eigenvalue weighted by Crippen LogP contribution is 2.55. The highest BCUT2D eigenvalue weighted by Gasteiger charge is 2.54. The molecule has 3 rings (SSSR count). The van der Waals surface area contributed by atoms with Crippen LogP contribution >= 0.6 is 23.2 Å². The quantitative estimate of drug-likeness (QED) is 0.188. The molecular weight excluding hydrogens is 569 g/mol. The number of aliphatic hydroxyl groups is 1. The van der Waals surface area contributed by atoms with E-state index in [-0.39, 0.29) is 25.1 Å². The van der Waals surface area contributed by atoms with E-state index in [0.717, 1.165) is 37.6 Å². The minimum absolute atomic E-state index is 0.167. The Kier molecular flexibility index (Phi) is 12.6. The van der Waals surface area contributed by atoms with E-state index in [9.17, 15) is 9.90 Å². The lowest BCUT2D eigenvalue weighted by molar-refractivity contribution is -0.148. The van der Waals surface area contributed by atoms with Gasteiger partial charge in [-0.3, -0.25) is 9.69 Å². The number of hydrogen-bond acceptors (Lipinski definition) is 7. The lowest BCUT2D eigenvalue weighted by Gasteiger charge is -2.44. The summed E-state index contributed by atoms with van der Waals surface area (Å²) in [5.74, 6) is -0.175. The van der Waals surface area contributed by atoms with Crippen molar-refractivity contribution in [3.63, 3.8) is 0 Å². The molecule has 2 fully saturated rings. The summed E-state index contributed by atoms with van der Waals surface area (Å²) in [7, 11) is 1.35. The summed E-state index contributed by atoms with van der Waals surface area (Å²) >= 11 is 12.2. The number of aliphatic hydroxyl groups excluding tert-OH is 1. The lowest BCUT2D eigenvalue weighted by Crippen LogP contribution is -2.54. The Labute approximate surface area is 251 Å². The van der Waals surface area contributed by atoms with Gasteiger partial charge in [0.05, 0.1) is 28.8 Å². The summed E-state index contributed by atoms with van der Waals surface area (Å²) in [5.41, 5.74) is 1.02. The summed E-state index contributed by atoms with van der Waals surface area (Å²) in [4.78, 5) is 17.5. The number of rotatable bonds is 16. The molecule has 0 radical (unpaired) electrons. The zero-order valence-corrected chi connectivity index (χ0v) is 27.6. The Balaban J connectivity index is 1.65. The molecule has 0 aromatic heterocycles. The van der Waals surface area contributed by atoms with Crippen LogP contribution in [-0.4, -0.2) is 101 Å². The van der Waals surface area contributed by atoms with Gasteiger partial charge in [0.1, 0.15) is 6.04 Å². The molecule has 1 saturated carbocycles. The number of carbonyl (C=O) groups excluding carboxylic acids is 1. The summed E-state index contributed by atoms with van der Waals surface area (Å²) < 4.78 is 17.8. The maximum Gasteiger partial charge on any atom is 0.245 e. The van der Waals surface area contributed by atoms with E-state index in [4.69, 9.17) is 37.1 Å². The number of amides is 1. The molecule has 1 amide bonds. The molecule has 1 unspecified atom stereocenters. The van der Waals surface area contributed by atoms with Crippen molar-refractivity contribution in [2.45, 2.75) is 89.6 Å². The minimum atomic E-state index is -1.74. The average molecular weight is 619 g/mol. The second-order valence-corrected chi connectivity index (χ2v) is 17.1. The Morgan fingerprint density at radius 2 is 1.77 bits per heavy atom. The van der Waals surface area contributed by atoms with Crippen molar-refractivity contribution < 1.29 is 23.8 Å². The lowest BCUT2D eigenvalue weighted by atomic mass is 9.90. The molecule has 1 spiro atoms. The predicted molar refractivity (Wildman–Crippen MR) is 165 cm³/mol. The van der Waals surface area contributed by atoms with Crippen molar-refractivity contribution in [1.82, 2.24) is 9.80 Å². The fourth-order valence-electron chi connectivity index (χ4n) is 5.89. The van der Waals surface area contributed by atoms with Gasteiger partial charge in [0.25, 0.3) is 0 Å². The predicted octanol–water partition coefficient (Wildman–Crippen LogP) is 5.48. The molecule has 40 heavy (non-hydrogen) atoms. The molecule has 1 aliphatic heterocycles. The van der Waals surface area contributed by atoms with Gasteiger partial charge in [-0.2, -0.15) is 0 Å². The molecule has 1 heterocycles. The third kappa shape index (κ3) is 8.57. The maximum absolute atomic E-state index is 13.5. The third-order valence-electron chi connectivity index (χ3n) is 9.03. The molecule has 1 aromatic rings. The van der Waals surface area contributed by atoms with Crippen LogP contribution in [0.5, 0.6) is 0 Å². The number of carbonyl (C=O) groups is 1. The van der Waals surface area contributed by atoms with E-state index >= 15 is 0 Å². The zero-order chi connectivity index (χ0) is 29.5. The number of nitrogens with zero attached hydrogens (tertiary/aromatic N) is 2. The van der Waals surface area contributed by atoms with Crippen molar-refractivity contribution in [3.05, 3.63) is 28.2 Å². The second kappa shape index (κ2) is 15.0. The first-order valence-electron chi connectivity index (χ1n) is 14.7. The van der Waals surface area contributed by atoms with Crippen LogP contribution in [0.15, 0.2) is 18.2 Å². The highest BCUT2D eigenvalue weighted by molar-refractivity contribution is 6.73. The van der Waals surface area contributed by atoms with E-state index in [1.165, 1.54) is 12.8 Å². The molecule has 8 nitrogen and oxygen atoms in total. The minimum Gasteiger partial charge on any atom is -0.412 e. The largest absolute Gasteiger partial charge is 0.412 e. The third-order valence-corrected chi connectivity index (χ3v) is 14.4. The fourth-order valence-corrected chi connectivity index (χ4v) is 9.11. The smallest absolute Gasteiger partial charge is 0.245 e. The van der Waals surface area contributed by atoms with E-state index < -0.39 is 26.8 Å². The van der Waals surface area contributed by atoms with Crippen molar-refractivity contribution >= 4 is 43.1 Å². The fraction of sp³-hybridized carbons (Fsp3) is 0.759. The number of nitrogens with one attached hydrogen (secondary N) is 1. The number of ether oxygens (including phenoxy) is 2. The van der Waals surface area contributed by atoms with Crippen molar-refractivity contribution in [3.8, 4) is 0 Å². The highest BCUT2D eigenvalue weighted by atomic mass is 35.5. The first kappa shape index (κ1) is 33.6. The topological polar surface area (TPSA) is 83.5 Å². The Morgan fingerprint density at radius 3 is 2.33 bits per heavy atom. The van der Waals surface area contributed by atoms with Gasteiger partial charge < -0.3 is 29.2 Å². The SMILES string of the molecule is CC[Si](CC)(CC)O[C@@H]1CN(C[C@H](O)CN(CC(OC)OC)C(=O)C(C)Nc2ccc(Cl)c(Cl)c2)CCC12CC2. The molecule has 228 valence electrons. The van der Waals surface area contributed by atoms with Crippen LogP contribution in [0.1, 0.15) is 47.0 Å². The van der Waals surface area contributed by atoms with Gasteiger partial charge in [0.15, 0.2) is 14.6 Å². The van der Waals surface area contributed by atoms with Crippen LogP contribution in [-0.2, 0) is 18.7 Å². The molecule has 2 N–H and O–H groups in total. The summed E-state index contributed by atoms with van der Waals surface area (Å²) in [6.45, 7) is 11.2. The number of piperidine rings is 1. The van der Waals surface area contributed by atoms with E-state index in [2.05, 4.69) is 31.0 Å². The molecule has 11 heteroatoms. The van der Waals surface area contributed by atoms with Crippen LogP contribution in [0, 0.1) is 5.41 Å². The summed E-state index contributed by atoms with van der Waals surface area (Å²) in [6.07, 6.45) is 2.50. The Hall–Kier alpha value is -0.913. The molecule has 2 aliphatic rings. The van der Waals surface area contributed by atoms with Gasteiger partial charge >= 0.3 is 0 Å². The van der Waals surface area contributed by atoms with Crippen LogP contribution < -0.4 is 5.32 Å². The van der Waals surface area contributed by atoms with Gasteiger partial charge in [-0.25, -0.2) is 0 Å². The van der Waals surface area contributed by atoms with Gasteiger partial charge in [-0.1, -0.05) is 44.0 Å². The van der Waals surface area contributed by atoms with Gasteiger partial charge in [0.2, 0.25) is 5.91 Å². The molecular formula is C29H49Cl2N3O5Si. The van der Waals surface area contributed by atoms with Crippen LogP contribution in [0.3, 0.4) is 0 Å². The van der Waals surface area contributed by atoms with E-state index in [1.54, 1.807) is 44.2 Å². The number of halogens is 2. The van der Waals surface area contributed by atoms with Crippen molar-refractivity contribution in [1.29, 1.82) is 0 Å². The normalized spacial score (nSPS) is 20.5. The molecule has 1 saturated heterocycles. The van der Waals surface area contributed by atoms with Gasteiger partial charge in [0, 0.05) is 39.5 Å². The van der Waals surface area contributed by atoms with Crippen molar-refractivity contribution in [2.75, 3.05) is 52.3 Å².